The molecule has 0 fully saturated rings. The van der Waals surface area contributed by atoms with Crippen LogP contribution in [0.25, 0.3) is 0 Å². The Morgan fingerprint density at radius 2 is 2.00 bits per heavy atom. The number of aryl methyl sites for hydroxylation is 1. The van der Waals surface area contributed by atoms with Crippen molar-refractivity contribution in [3.8, 4) is 0 Å². The molecule has 0 saturated heterocycles. The molecule has 2 rings (SSSR count). The van der Waals surface area contributed by atoms with Gasteiger partial charge >= 0.3 is 0 Å². The van der Waals surface area contributed by atoms with Gasteiger partial charge in [-0.3, -0.25) is 9.78 Å². The first kappa shape index (κ1) is 17.1. The highest BCUT2D eigenvalue weighted by molar-refractivity contribution is 5.92. The molecule has 0 bridgehead atoms. The molecule has 23 heavy (non-hydrogen) atoms. The van der Waals surface area contributed by atoms with Gasteiger partial charge in [0.2, 0.25) is 5.91 Å². The van der Waals surface area contributed by atoms with Gasteiger partial charge in [0, 0.05) is 17.8 Å². The van der Waals surface area contributed by atoms with E-state index in [-0.39, 0.29) is 18.7 Å². The zero-order valence-electron chi connectivity index (χ0n) is 13.3. The van der Waals surface area contributed by atoms with E-state index in [1.54, 1.807) is 18.3 Å². The summed E-state index contributed by atoms with van der Waals surface area (Å²) in [6, 6.07) is 13.1. The van der Waals surface area contributed by atoms with Crippen molar-refractivity contribution in [1.82, 2.24) is 10.3 Å². The van der Waals surface area contributed by atoms with Gasteiger partial charge in [0.15, 0.2) is 0 Å². The van der Waals surface area contributed by atoms with E-state index in [2.05, 4.69) is 17.2 Å². The molecule has 2 aromatic rings. The second-order valence-corrected chi connectivity index (χ2v) is 5.66. The van der Waals surface area contributed by atoms with Crippen molar-refractivity contribution in [2.45, 2.75) is 31.8 Å². The fourth-order valence-electron chi connectivity index (χ4n) is 2.46. The third-order valence-corrected chi connectivity index (χ3v) is 3.82. The molecule has 5 heteroatoms. The summed E-state index contributed by atoms with van der Waals surface area (Å²) in [6.07, 6.45) is 3.53. The standard InChI is InChI=1S/C18H23N3O2/c1-13(21-17(12-22)16-4-2-3-11-20-16)5-6-14-7-9-15(10-8-14)18(19)23/h2-4,7-11,13,17,21-22H,5-6,12H2,1H3,(H2,19,23)/t13-,17?/m1/s1. The number of carbonyl (C=O) groups excluding carboxylic acids is 1. The predicted octanol–water partition coefficient (Wildman–Crippen LogP) is 1.82. The highest BCUT2D eigenvalue weighted by atomic mass is 16.3. The predicted molar refractivity (Wildman–Crippen MR) is 89.9 cm³/mol. The molecular weight excluding hydrogens is 290 g/mol. The van der Waals surface area contributed by atoms with Crippen molar-refractivity contribution in [2.24, 2.45) is 5.73 Å². The van der Waals surface area contributed by atoms with Gasteiger partial charge in [0.1, 0.15) is 0 Å². The molecular formula is C18H23N3O2. The van der Waals surface area contributed by atoms with Crippen LogP contribution in [0.3, 0.4) is 0 Å². The van der Waals surface area contributed by atoms with Gasteiger partial charge in [-0.2, -0.15) is 0 Å². The minimum Gasteiger partial charge on any atom is -0.394 e. The van der Waals surface area contributed by atoms with Crippen LogP contribution in [-0.4, -0.2) is 28.6 Å². The average molecular weight is 313 g/mol. The number of hydrogen-bond donors (Lipinski definition) is 3. The van der Waals surface area contributed by atoms with Gasteiger partial charge in [-0.05, 0) is 49.6 Å². The number of benzene rings is 1. The maximum absolute atomic E-state index is 11.1. The molecule has 122 valence electrons. The molecule has 0 aliphatic heterocycles. The van der Waals surface area contributed by atoms with Crippen LogP contribution in [0.1, 0.15) is 41.0 Å². The molecule has 0 aliphatic carbocycles. The van der Waals surface area contributed by atoms with E-state index in [4.69, 9.17) is 5.73 Å². The van der Waals surface area contributed by atoms with Gasteiger partial charge in [0.05, 0.1) is 18.3 Å². The summed E-state index contributed by atoms with van der Waals surface area (Å²) in [5, 5.41) is 12.9. The Kier molecular flexibility index (Phi) is 6.26. The Morgan fingerprint density at radius 1 is 1.26 bits per heavy atom. The summed E-state index contributed by atoms with van der Waals surface area (Å²) >= 11 is 0. The highest BCUT2D eigenvalue weighted by Gasteiger charge is 2.14. The zero-order valence-corrected chi connectivity index (χ0v) is 13.3. The van der Waals surface area contributed by atoms with Crippen LogP contribution in [0.2, 0.25) is 0 Å². The molecule has 4 N–H and O–H groups in total. The van der Waals surface area contributed by atoms with Gasteiger partial charge in [-0.15, -0.1) is 0 Å². The smallest absolute Gasteiger partial charge is 0.248 e. The lowest BCUT2D eigenvalue weighted by molar-refractivity contribution is 0.100. The average Bonchev–Trinajstić information content (AvgIpc) is 2.59. The lowest BCUT2D eigenvalue weighted by Gasteiger charge is -2.21. The number of amides is 1. The van der Waals surface area contributed by atoms with Gasteiger partial charge in [0.25, 0.3) is 0 Å². The van der Waals surface area contributed by atoms with Crippen LogP contribution < -0.4 is 11.1 Å². The molecule has 1 heterocycles. The Bertz CT molecular complexity index is 614. The molecule has 5 nitrogen and oxygen atoms in total. The number of carbonyl (C=O) groups is 1. The fraction of sp³-hybridized carbons (Fsp3) is 0.333. The zero-order chi connectivity index (χ0) is 16.7. The minimum atomic E-state index is -0.410. The largest absolute Gasteiger partial charge is 0.394 e. The van der Waals surface area contributed by atoms with Crippen molar-refractivity contribution in [3.05, 3.63) is 65.5 Å². The van der Waals surface area contributed by atoms with Gasteiger partial charge in [-0.25, -0.2) is 0 Å². The van der Waals surface area contributed by atoms with E-state index >= 15 is 0 Å². The van der Waals surface area contributed by atoms with E-state index in [0.717, 1.165) is 24.1 Å². The molecule has 2 atom stereocenters. The summed E-state index contributed by atoms with van der Waals surface area (Å²) in [5.74, 6) is -0.410. The first-order valence-corrected chi connectivity index (χ1v) is 7.76. The number of nitrogens with zero attached hydrogens (tertiary/aromatic N) is 1. The summed E-state index contributed by atoms with van der Waals surface area (Å²) in [5.41, 5.74) is 7.75. The second kappa shape index (κ2) is 8.41. The van der Waals surface area contributed by atoms with E-state index in [1.165, 1.54) is 0 Å². The molecule has 0 aliphatic rings. The van der Waals surface area contributed by atoms with Gasteiger partial charge < -0.3 is 16.2 Å². The van der Waals surface area contributed by atoms with E-state index < -0.39 is 5.91 Å². The number of hydrogen-bond acceptors (Lipinski definition) is 4. The monoisotopic (exact) mass is 313 g/mol. The van der Waals surface area contributed by atoms with Crippen LogP contribution in [0, 0.1) is 0 Å². The number of pyridine rings is 1. The molecule has 1 aromatic carbocycles. The van der Waals surface area contributed by atoms with E-state index in [1.807, 2.05) is 30.3 Å². The topological polar surface area (TPSA) is 88.2 Å². The fourth-order valence-corrected chi connectivity index (χ4v) is 2.46. The number of nitrogens with two attached hydrogens (primary N) is 1. The molecule has 1 amide bonds. The van der Waals surface area contributed by atoms with Crippen molar-refractivity contribution in [2.75, 3.05) is 6.61 Å². The molecule has 1 unspecified atom stereocenters. The Morgan fingerprint density at radius 3 is 2.57 bits per heavy atom. The van der Waals surface area contributed by atoms with E-state index in [9.17, 15) is 9.90 Å². The number of rotatable bonds is 8. The van der Waals surface area contributed by atoms with Crippen molar-refractivity contribution >= 4 is 5.91 Å². The summed E-state index contributed by atoms with van der Waals surface area (Å²) in [4.78, 5) is 15.3. The normalized spacial score (nSPS) is 13.5. The first-order chi connectivity index (χ1) is 11.1. The minimum absolute atomic E-state index is 0.00859. The summed E-state index contributed by atoms with van der Waals surface area (Å²) in [7, 11) is 0. The first-order valence-electron chi connectivity index (χ1n) is 7.76. The lowest BCUT2D eigenvalue weighted by atomic mass is 10.0. The molecule has 0 saturated carbocycles. The number of nitrogens with one attached hydrogen (secondary N) is 1. The quantitative estimate of drug-likeness (QED) is 0.693. The maximum atomic E-state index is 11.1. The van der Waals surface area contributed by atoms with Crippen LogP contribution in [0.15, 0.2) is 48.7 Å². The van der Waals surface area contributed by atoms with Crippen LogP contribution in [0.5, 0.6) is 0 Å². The number of primary amides is 1. The SMILES string of the molecule is C[C@H](CCc1ccc(C(N)=O)cc1)NC(CO)c1ccccn1. The molecule has 0 radical (unpaired) electrons. The molecule has 0 spiro atoms. The summed E-state index contributed by atoms with van der Waals surface area (Å²) in [6.45, 7) is 2.10. The highest BCUT2D eigenvalue weighted by Crippen LogP contribution is 2.13. The maximum Gasteiger partial charge on any atom is 0.248 e. The third kappa shape index (κ3) is 5.16. The number of aliphatic hydroxyl groups is 1. The van der Waals surface area contributed by atoms with Crippen LogP contribution in [-0.2, 0) is 6.42 Å². The third-order valence-electron chi connectivity index (χ3n) is 3.82. The summed E-state index contributed by atoms with van der Waals surface area (Å²) < 4.78 is 0. The number of aromatic nitrogens is 1. The van der Waals surface area contributed by atoms with E-state index in [0.29, 0.717) is 5.56 Å². The lowest BCUT2D eigenvalue weighted by Crippen LogP contribution is -2.33. The Labute approximate surface area is 136 Å². The number of aliphatic hydroxyl groups excluding tert-OH is 1. The van der Waals surface area contributed by atoms with Crippen molar-refractivity contribution < 1.29 is 9.90 Å². The van der Waals surface area contributed by atoms with Gasteiger partial charge in [-0.1, -0.05) is 18.2 Å². The molecule has 1 aromatic heterocycles. The van der Waals surface area contributed by atoms with Crippen LogP contribution in [0.4, 0.5) is 0 Å². The van der Waals surface area contributed by atoms with Crippen LogP contribution >= 0.6 is 0 Å². The van der Waals surface area contributed by atoms with Crippen molar-refractivity contribution in [1.29, 1.82) is 0 Å². The Hall–Kier alpha value is -2.24. The Balaban J connectivity index is 1.86. The van der Waals surface area contributed by atoms with Crippen molar-refractivity contribution in [3.63, 3.8) is 0 Å². The second-order valence-electron chi connectivity index (χ2n) is 5.66.